The first-order chi connectivity index (χ1) is 9.47. The average Bonchev–Trinajstić information content (AvgIpc) is 2.36. The van der Waals surface area contributed by atoms with E-state index in [4.69, 9.17) is 0 Å². The molecule has 0 aliphatic rings. The van der Waals surface area contributed by atoms with Gasteiger partial charge in [-0.2, -0.15) is 0 Å². The van der Waals surface area contributed by atoms with E-state index >= 15 is 0 Å². The van der Waals surface area contributed by atoms with Crippen molar-refractivity contribution in [2.75, 3.05) is 0 Å². The minimum Gasteiger partial charge on any atom is -0.481 e. The van der Waals surface area contributed by atoms with Crippen LogP contribution in [0.15, 0.2) is 45.5 Å². The fourth-order valence-electron chi connectivity index (χ4n) is 2.06. The number of pyridine rings is 1. The van der Waals surface area contributed by atoms with Crippen molar-refractivity contribution in [3.63, 3.8) is 0 Å². The van der Waals surface area contributed by atoms with E-state index in [1.165, 1.54) is 0 Å². The smallest absolute Gasteiger partial charge is 0.312 e. The molecule has 1 heterocycles. The summed E-state index contributed by atoms with van der Waals surface area (Å²) in [5, 5.41) is 9.48. The first-order valence-electron chi connectivity index (χ1n) is 6.06. The molecule has 0 amide bonds. The minimum absolute atomic E-state index is 0.421. The molecular formula is C15H13Br2NO2. The highest BCUT2D eigenvalue weighted by atomic mass is 79.9. The lowest BCUT2D eigenvalue weighted by atomic mass is 9.95. The van der Waals surface area contributed by atoms with Crippen LogP contribution in [-0.2, 0) is 11.2 Å². The van der Waals surface area contributed by atoms with E-state index in [9.17, 15) is 9.90 Å². The van der Waals surface area contributed by atoms with Crippen LogP contribution in [0.5, 0.6) is 0 Å². The number of hydrogen-bond donors (Lipinski definition) is 1. The molecule has 1 unspecified atom stereocenters. The van der Waals surface area contributed by atoms with Crippen LogP contribution in [0.2, 0.25) is 0 Å². The number of rotatable bonds is 4. The number of carboxylic acids is 1. The molecule has 0 aliphatic heterocycles. The van der Waals surface area contributed by atoms with Gasteiger partial charge in [-0.1, -0.05) is 29.8 Å². The van der Waals surface area contributed by atoms with E-state index in [-0.39, 0.29) is 0 Å². The molecule has 0 radical (unpaired) electrons. The van der Waals surface area contributed by atoms with Crippen LogP contribution < -0.4 is 0 Å². The van der Waals surface area contributed by atoms with Gasteiger partial charge in [-0.05, 0) is 56.8 Å². The number of carboxylic acid groups (broad SMARTS) is 1. The number of halogens is 2. The minimum atomic E-state index is -0.873. The van der Waals surface area contributed by atoms with Crippen LogP contribution in [0.3, 0.4) is 0 Å². The Hall–Kier alpha value is -1.20. The molecule has 1 aromatic heterocycles. The highest BCUT2D eigenvalue weighted by Gasteiger charge is 2.24. The van der Waals surface area contributed by atoms with Gasteiger partial charge in [-0.15, -0.1) is 0 Å². The highest BCUT2D eigenvalue weighted by Crippen LogP contribution is 2.28. The Bertz CT molecular complexity index is 644. The van der Waals surface area contributed by atoms with Crippen molar-refractivity contribution in [1.29, 1.82) is 0 Å². The lowest BCUT2D eigenvalue weighted by molar-refractivity contribution is -0.138. The molecule has 0 bridgehead atoms. The van der Waals surface area contributed by atoms with Crippen LogP contribution in [0.4, 0.5) is 0 Å². The lowest BCUT2D eigenvalue weighted by Crippen LogP contribution is -2.16. The van der Waals surface area contributed by atoms with Crippen LogP contribution in [0.1, 0.15) is 22.7 Å². The fraction of sp³-hybridized carbons (Fsp3) is 0.200. The predicted molar refractivity (Wildman–Crippen MR) is 84.9 cm³/mol. The standard InChI is InChI=1S/C15H13Br2NO2/c1-9-3-2-4-10(5-9)6-12(15(19)20)14-13(17)7-11(16)8-18-14/h2-5,7-8,12H,6H2,1H3,(H,19,20). The third-order valence-electron chi connectivity index (χ3n) is 2.99. The average molecular weight is 399 g/mol. The number of aryl methyl sites for hydroxylation is 1. The van der Waals surface area contributed by atoms with Crippen molar-refractivity contribution in [2.45, 2.75) is 19.3 Å². The summed E-state index contributed by atoms with van der Waals surface area (Å²) in [6.45, 7) is 1.99. The van der Waals surface area contributed by atoms with Gasteiger partial charge in [0.15, 0.2) is 0 Å². The van der Waals surface area contributed by atoms with Gasteiger partial charge in [0.25, 0.3) is 0 Å². The van der Waals surface area contributed by atoms with Gasteiger partial charge in [0.2, 0.25) is 0 Å². The zero-order chi connectivity index (χ0) is 14.7. The van der Waals surface area contributed by atoms with E-state index in [0.29, 0.717) is 16.6 Å². The highest BCUT2D eigenvalue weighted by molar-refractivity contribution is 9.11. The fourth-order valence-corrected chi connectivity index (χ4v) is 3.32. The van der Waals surface area contributed by atoms with Crippen molar-refractivity contribution in [1.82, 2.24) is 4.98 Å². The zero-order valence-electron chi connectivity index (χ0n) is 10.8. The summed E-state index contributed by atoms with van der Waals surface area (Å²) in [5.74, 6) is -1.54. The molecule has 20 heavy (non-hydrogen) atoms. The Morgan fingerprint density at radius 3 is 2.70 bits per heavy atom. The first kappa shape index (κ1) is 15.2. The van der Waals surface area contributed by atoms with E-state index in [1.54, 1.807) is 6.20 Å². The van der Waals surface area contributed by atoms with Crippen LogP contribution in [0, 0.1) is 6.92 Å². The molecule has 0 aliphatic carbocycles. The molecule has 1 atom stereocenters. The quantitative estimate of drug-likeness (QED) is 0.833. The van der Waals surface area contributed by atoms with E-state index in [2.05, 4.69) is 36.8 Å². The summed E-state index contributed by atoms with van der Waals surface area (Å²) < 4.78 is 1.51. The predicted octanol–water partition coefficient (Wildman–Crippen LogP) is 4.33. The maximum atomic E-state index is 11.6. The van der Waals surface area contributed by atoms with E-state index < -0.39 is 11.9 Å². The SMILES string of the molecule is Cc1cccc(CC(C(=O)O)c2ncc(Br)cc2Br)c1. The Morgan fingerprint density at radius 1 is 1.35 bits per heavy atom. The molecule has 0 fully saturated rings. The second-order valence-corrected chi connectivity index (χ2v) is 6.37. The molecule has 0 spiro atoms. The van der Waals surface area contributed by atoms with Crippen molar-refractivity contribution in [3.8, 4) is 0 Å². The summed E-state index contributed by atoms with van der Waals surface area (Å²) in [5.41, 5.74) is 2.66. The molecule has 2 aromatic rings. The third kappa shape index (κ3) is 3.67. The van der Waals surface area contributed by atoms with Crippen molar-refractivity contribution in [2.24, 2.45) is 0 Å². The summed E-state index contributed by atoms with van der Waals surface area (Å²) in [6, 6.07) is 9.69. The van der Waals surface area contributed by atoms with Gasteiger partial charge < -0.3 is 5.11 Å². The second-order valence-electron chi connectivity index (χ2n) is 4.60. The number of carbonyl (C=O) groups is 1. The Kier molecular flexibility index (Phi) is 4.94. The van der Waals surface area contributed by atoms with Gasteiger partial charge in [0, 0.05) is 15.1 Å². The molecule has 104 valence electrons. The normalized spacial score (nSPS) is 12.2. The lowest BCUT2D eigenvalue weighted by Gasteiger charge is -2.14. The number of aliphatic carboxylic acids is 1. The second kappa shape index (κ2) is 6.50. The van der Waals surface area contributed by atoms with Crippen molar-refractivity contribution < 1.29 is 9.90 Å². The largest absolute Gasteiger partial charge is 0.481 e. The van der Waals surface area contributed by atoms with Crippen molar-refractivity contribution in [3.05, 3.63) is 62.3 Å². The summed E-state index contributed by atoms with van der Waals surface area (Å²) in [7, 11) is 0. The first-order valence-corrected chi connectivity index (χ1v) is 7.65. The van der Waals surface area contributed by atoms with Crippen LogP contribution >= 0.6 is 31.9 Å². The van der Waals surface area contributed by atoms with Gasteiger partial charge in [-0.3, -0.25) is 9.78 Å². The zero-order valence-corrected chi connectivity index (χ0v) is 14.0. The maximum Gasteiger partial charge on any atom is 0.312 e. The summed E-state index contributed by atoms with van der Waals surface area (Å²) in [6.07, 6.45) is 2.04. The van der Waals surface area contributed by atoms with Crippen LogP contribution in [-0.4, -0.2) is 16.1 Å². The summed E-state index contributed by atoms with van der Waals surface area (Å²) in [4.78, 5) is 15.8. The molecule has 1 N–H and O–H groups in total. The number of nitrogens with zero attached hydrogens (tertiary/aromatic N) is 1. The molecule has 0 saturated carbocycles. The van der Waals surface area contributed by atoms with E-state index in [1.807, 2.05) is 37.3 Å². The number of aromatic nitrogens is 1. The topological polar surface area (TPSA) is 50.2 Å². The molecular weight excluding hydrogens is 386 g/mol. The monoisotopic (exact) mass is 397 g/mol. The molecule has 0 saturated heterocycles. The van der Waals surface area contributed by atoms with Crippen molar-refractivity contribution >= 4 is 37.8 Å². The molecule has 3 nitrogen and oxygen atoms in total. The Morgan fingerprint density at radius 2 is 2.10 bits per heavy atom. The Balaban J connectivity index is 2.34. The molecule has 5 heteroatoms. The van der Waals surface area contributed by atoms with Gasteiger partial charge in [-0.25, -0.2) is 0 Å². The number of benzene rings is 1. The van der Waals surface area contributed by atoms with Crippen LogP contribution in [0.25, 0.3) is 0 Å². The van der Waals surface area contributed by atoms with Gasteiger partial charge in [0.05, 0.1) is 5.69 Å². The Labute approximate surface area is 134 Å². The molecule has 2 rings (SSSR count). The molecule has 1 aromatic carbocycles. The third-order valence-corrected chi connectivity index (χ3v) is 4.06. The van der Waals surface area contributed by atoms with E-state index in [0.717, 1.165) is 15.6 Å². The summed E-state index contributed by atoms with van der Waals surface area (Å²) >= 11 is 6.71. The van der Waals surface area contributed by atoms with Gasteiger partial charge >= 0.3 is 5.97 Å². The van der Waals surface area contributed by atoms with Gasteiger partial charge in [0.1, 0.15) is 5.92 Å². The maximum absolute atomic E-state index is 11.6. The number of hydrogen-bond acceptors (Lipinski definition) is 2.